The molecule has 0 spiro atoms. The molecule has 3 rings (SSSR count). The van der Waals surface area contributed by atoms with Gasteiger partial charge in [0.2, 0.25) is 0 Å². The first-order valence-corrected chi connectivity index (χ1v) is 11.8. The third kappa shape index (κ3) is 6.14. The molecule has 0 aliphatic heterocycles. The summed E-state index contributed by atoms with van der Waals surface area (Å²) < 4.78 is 50.5. The molecule has 178 valence electrons. The monoisotopic (exact) mass is 501 g/mol. The second kappa shape index (κ2) is 10.7. The van der Waals surface area contributed by atoms with Gasteiger partial charge in [-0.3, -0.25) is 4.79 Å². The van der Waals surface area contributed by atoms with E-state index < -0.39 is 23.8 Å². The maximum atomic E-state index is 13.2. The number of fused-ring (bicyclic) bond motifs is 1. The van der Waals surface area contributed by atoms with Crippen molar-refractivity contribution in [3.8, 4) is 5.75 Å². The Kier molecular flexibility index (Phi) is 8.18. The Labute approximate surface area is 198 Å². The quantitative estimate of drug-likeness (QED) is 0.234. The van der Waals surface area contributed by atoms with Crippen molar-refractivity contribution in [3.05, 3.63) is 52.2 Å². The predicted octanol–water partition coefficient (Wildman–Crippen LogP) is 7.20. The van der Waals surface area contributed by atoms with Gasteiger partial charge >= 0.3 is 12.1 Å². The zero-order valence-electron chi connectivity index (χ0n) is 18.0. The van der Waals surface area contributed by atoms with Crippen molar-refractivity contribution in [2.45, 2.75) is 50.1 Å². The molecule has 0 radical (unpaired) electrons. The predicted molar refractivity (Wildman–Crippen MR) is 121 cm³/mol. The summed E-state index contributed by atoms with van der Waals surface area (Å²) in [6.45, 7) is 3.83. The minimum Gasteiger partial charge on any atom is -0.494 e. The smallest absolute Gasteiger partial charge is 0.437 e. The highest BCUT2D eigenvalue weighted by atomic mass is 35.5. The lowest BCUT2D eigenvalue weighted by Gasteiger charge is -2.11. The Morgan fingerprint density at radius 1 is 1.30 bits per heavy atom. The average Bonchev–Trinajstić information content (AvgIpc) is 3.19. The van der Waals surface area contributed by atoms with Crippen LogP contribution in [-0.4, -0.2) is 28.6 Å². The molecular formula is C23H23ClF3NO4S. The summed E-state index contributed by atoms with van der Waals surface area (Å²) in [5.41, 5.74) is 0.351. The topological polar surface area (TPSA) is 72.6 Å². The van der Waals surface area contributed by atoms with Crippen LogP contribution < -0.4 is 4.74 Å². The molecule has 1 N–H and O–H groups in total. The number of halogens is 4. The van der Waals surface area contributed by atoms with Gasteiger partial charge in [-0.1, -0.05) is 36.2 Å². The van der Waals surface area contributed by atoms with Gasteiger partial charge in [0.25, 0.3) is 0 Å². The van der Waals surface area contributed by atoms with Gasteiger partial charge in [0.1, 0.15) is 5.75 Å². The van der Waals surface area contributed by atoms with Crippen LogP contribution in [-0.2, 0) is 17.4 Å². The molecule has 10 heteroatoms. The number of hydrogen-bond donors (Lipinski definition) is 1. The van der Waals surface area contributed by atoms with E-state index in [0.29, 0.717) is 47.1 Å². The third-order valence-electron chi connectivity index (χ3n) is 5.05. The number of carbonyl (C=O) groups is 1. The molecule has 33 heavy (non-hydrogen) atoms. The van der Waals surface area contributed by atoms with Crippen LogP contribution in [0.1, 0.15) is 49.4 Å². The van der Waals surface area contributed by atoms with Gasteiger partial charge in [-0.15, -0.1) is 11.8 Å². The molecule has 1 aromatic heterocycles. The molecule has 0 aliphatic carbocycles. The van der Waals surface area contributed by atoms with Crippen LogP contribution in [0.25, 0.3) is 11.0 Å². The first-order valence-electron chi connectivity index (χ1n) is 10.4. The summed E-state index contributed by atoms with van der Waals surface area (Å²) in [7, 11) is 0. The van der Waals surface area contributed by atoms with Crippen LogP contribution in [0.3, 0.4) is 0 Å². The standard InChI is InChI=1S/C23H23ClF3NO4S/c1-3-5-15-10-16(12-17-20(15)32-28-21(17)23(25,26)27)31-8-4-9-33-19-7-6-14(11-18(19)24)13(2)22(29)30/h6-7,10-13H,3-5,8-9H2,1-2H3,(H,29,30). The van der Waals surface area contributed by atoms with E-state index >= 15 is 0 Å². The molecule has 5 nitrogen and oxygen atoms in total. The number of aryl methyl sites for hydroxylation is 1. The highest BCUT2D eigenvalue weighted by molar-refractivity contribution is 7.99. The lowest BCUT2D eigenvalue weighted by Crippen LogP contribution is -2.07. The molecular weight excluding hydrogens is 479 g/mol. The Balaban J connectivity index is 1.61. The van der Waals surface area contributed by atoms with E-state index in [1.807, 2.05) is 6.92 Å². The van der Waals surface area contributed by atoms with E-state index in [9.17, 15) is 18.0 Å². The summed E-state index contributed by atoms with van der Waals surface area (Å²) in [5.74, 6) is -0.557. The Morgan fingerprint density at radius 3 is 2.70 bits per heavy atom. The van der Waals surface area contributed by atoms with Crippen molar-refractivity contribution in [2.75, 3.05) is 12.4 Å². The number of carboxylic acids is 1. The second-order valence-corrected chi connectivity index (χ2v) is 9.08. The zero-order valence-corrected chi connectivity index (χ0v) is 19.6. The number of carboxylic acid groups (broad SMARTS) is 1. The number of thioether (sulfide) groups is 1. The first-order chi connectivity index (χ1) is 15.6. The normalized spacial score (nSPS) is 12.8. The molecule has 3 aromatic rings. The SMILES string of the molecule is CCCc1cc(OCCCSc2ccc(C(C)C(=O)O)cc2Cl)cc2c(C(F)(F)F)noc12. The number of rotatable bonds is 10. The molecule has 1 atom stereocenters. The van der Waals surface area contributed by atoms with Crippen molar-refractivity contribution >= 4 is 40.3 Å². The third-order valence-corrected chi connectivity index (χ3v) is 6.64. The van der Waals surface area contributed by atoms with Gasteiger partial charge in [-0.25, -0.2) is 0 Å². The molecule has 1 unspecified atom stereocenters. The fourth-order valence-electron chi connectivity index (χ4n) is 3.30. The van der Waals surface area contributed by atoms with E-state index in [2.05, 4.69) is 5.16 Å². The summed E-state index contributed by atoms with van der Waals surface area (Å²) in [4.78, 5) is 11.9. The fraction of sp³-hybridized carbons (Fsp3) is 0.391. The lowest BCUT2D eigenvalue weighted by molar-refractivity contribution is -0.141. The van der Waals surface area contributed by atoms with E-state index in [-0.39, 0.29) is 11.0 Å². The molecule has 0 fully saturated rings. The highest BCUT2D eigenvalue weighted by Gasteiger charge is 2.37. The summed E-state index contributed by atoms with van der Waals surface area (Å²) in [6.07, 6.45) is -2.70. The molecule has 2 aromatic carbocycles. The van der Waals surface area contributed by atoms with E-state index in [4.69, 9.17) is 26.0 Å². The number of benzene rings is 2. The second-order valence-electron chi connectivity index (χ2n) is 7.54. The van der Waals surface area contributed by atoms with Crippen LogP contribution in [0.5, 0.6) is 5.75 Å². The molecule has 0 bridgehead atoms. The first kappa shape index (κ1) is 25.2. The number of ether oxygens (including phenoxy) is 1. The highest BCUT2D eigenvalue weighted by Crippen LogP contribution is 2.37. The molecule has 0 amide bonds. The van der Waals surface area contributed by atoms with Gasteiger partial charge in [0, 0.05) is 16.2 Å². The van der Waals surface area contributed by atoms with Gasteiger partial charge in [0.05, 0.1) is 22.9 Å². The van der Waals surface area contributed by atoms with Gasteiger partial charge in [-0.2, -0.15) is 13.2 Å². The van der Waals surface area contributed by atoms with Crippen molar-refractivity contribution in [1.29, 1.82) is 0 Å². The number of hydrogen-bond acceptors (Lipinski definition) is 5. The van der Waals surface area contributed by atoms with Crippen LogP contribution in [0.15, 0.2) is 39.8 Å². The van der Waals surface area contributed by atoms with Crippen molar-refractivity contribution in [3.63, 3.8) is 0 Å². The number of aromatic nitrogens is 1. The Bertz CT molecular complexity index is 1130. The molecule has 1 heterocycles. The number of alkyl halides is 3. The maximum Gasteiger partial charge on any atom is 0.437 e. The largest absolute Gasteiger partial charge is 0.494 e. The van der Waals surface area contributed by atoms with Gasteiger partial charge < -0.3 is 14.4 Å². The minimum absolute atomic E-state index is 0.0970. The van der Waals surface area contributed by atoms with Crippen LogP contribution >= 0.6 is 23.4 Å². The fourth-order valence-corrected chi connectivity index (χ4v) is 4.50. The van der Waals surface area contributed by atoms with Crippen LogP contribution in [0.4, 0.5) is 13.2 Å². The summed E-state index contributed by atoms with van der Waals surface area (Å²) >= 11 is 7.78. The van der Waals surface area contributed by atoms with Crippen LogP contribution in [0, 0.1) is 0 Å². The number of nitrogens with zero attached hydrogens (tertiary/aromatic N) is 1. The molecule has 0 aliphatic rings. The van der Waals surface area contributed by atoms with Crippen molar-refractivity contribution < 1.29 is 32.3 Å². The molecule has 0 saturated carbocycles. The Morgan fingerprint density at radius 2 is 2.06 bits per heavy atom. The van der Waals surface area contributed by atoms with Gasteiger partial charge in [-0.05, 0) is 49.6 Å². The zero-order chi connectivity index (χ0) is 24.2. The Hall–Kier alpha value is -2.39. The maximum absolute atomic E-state index is 13.2. The minimum atomic E-state index is -4.61. The van der Waals surface area contributed by atoms with Crippen molar-refractivity contribution in [2.24, 2.45) is 0 Å². The summed E-state index contributed by atoms with van der Waals surface area (Å²) in [5, 5.41) is 12.7. The van der Waals surface area contributed by atoms with Gasteiger partial charge in [0.15, 0.2) is 11.3 Å². The average molecular weight is 502 g/mol. The van der Waals surface area contributed by atoms with E-state index in [0.717, 1.165) is 11.3 Å². The van der Waals surface area contributed by atoms with E-state index in [1.165, 1.54) is 17.8 Å². The molecule has 0 saturated heterocycles. The van der Waals surface area contributed by atoms with Crippen LogP contribution in [0.2, 0.25) is 5.02 Å². The lowest BCUT2D eigenvalue weighted by atomic mass is 10.0. The number of aliphatic carboxylic acids is 1. The summed E-state index contributed by atoms with van der Waals surface area (Å²) in [6, 6.07) is 8.20. The van der Waals surface area contributed by atoms with E-state index in [1.54, 1.807) is 31.2 Å². The van der Waals surface area contributed by atoms with Crippen molar-refractivity contribution in [1.82, 2.24) is 5.16 Å².